The standard InChI is InChI=1S/C17H20N4OS/c1-11-10-23-16(18-11)9-5-8-15(22)19-12(2)17-20-13-6-3-4-7-14(13)21-17/h3-4,6-7,10,12H,5,8-9H2,1-2H3,(H,19,22)(H,20,21)/t12-/m0/s1. The Bertz CT molecular complexity index is 775. The Kier molecular flexibility index (Phi) is 4.71. The van der Waals surface area contributed by atoms with Crippen molar-refractivity contribution in [3.05, 3.63) is 46.2 Å². The van der Waals surface area contributed by atoms with E-state index < -0.39 is 0 Å². The van der Waals surface area contributed by atoms with E-state index in [4.69, 9.17) is 0 Å². The zero-order chi connectivity index (χ0) is 16.2. The molecule has 2 N–H and O–H groups in total. The molecular weight excluding hydrogens is 308 g/mol. The van der Waals surface area contributed by atoms with Gasteiger partial charge in [0.25, 0.3) is 0 Å². The van der Waals surface area contributed by atoms with Gasteiger partial charge in [0.15, 0.2) is 0 Å². The highest BCUT2D eigenvalue weighted by Crippen LogP contribution is 2.16. The number of aromatic nitrogens is 3. The van der Waals surface area contributed by atoms with Crippen LogP contribution in [0, 0.1) is 6.92 Å². The fourth-order valence-electron chi connectivity index (χ4n) is 2.48. The summed E-state index contributed by atoms with van der Waals surface area (Å²) in [5.41, 5.74) is 2.96. The molecule has 120 valence electrons. The maximum Gasteiger partial charge on any atom is 0.220 e. The second kappa shape index (κ2) is 6.91. The molecule has 23 heavy (non-hydrogen) atoms. The van der Waals surface area contributed by atoms with Gasteiger partial charge in [-0.3, -0.25) is 4.79 Å². The molecule has 6 heteroatoms. The highest BCUT2D eigenvalue weighted by atomic mass is 32.1. The lowest BCUT2D eigenvalue weighted by molar-refractivity contribution is -0.121. The average molecular weight is 328 g/mol. The van der Waals surface area contributed by atoms with Gasteiger partial charge in [0.2, 0.25) is 5.91 Å². The van der Waals surface area contributed by atoms with Crippen LogP contribution in [-0.4, -0.2) is 20.9 Å². The number of aromatic amines is 1. The summed E-state index contributed by atoms with van der Waals surface area (Å²) in [6, 6.07) is 7.73. The van der Waals surface area contributed by atoms with Crippen LogP contribution in [0.5, 0.6) is 0 Å². The number of carbonyl (C=O) groups excluding carboxylic acids is 1. The summed E-state index contributed by atoms with van der Waals surface area (Å²) in [6.07, 6.45) is 2.17. The molecule has 0 saturated heterocycles. The number of para-hydroxylation sites is 2. The van der Waals surface area contributed by atoms with Gasteiger partial charge in [0.05, 0.1) is 22.1 Å². The topological polar surface area (TPSA) is 70.7 Å². The smallest absolute Gasteiger partial charge is 0.220 e. The Balaban J connectivity index is 1.50. The molecule has 0 aliphatic heterocycles. The summed E-state index contributed by atoms with van der Waals surface area (Å²) >= 11 is 1.66. The maximum atomic E-state index is 12.1. The molecule has 0 spiro atoms. The maximum absolute atomic E-state index is 12.1. The Morgan fingerprint density at radius 1 is 1.35 bits per heavy atom. The van der Waals surface area contributed by atoms with Crippen molar-refractivity contribution in [2.75, 3.05) is 0 Å². The quantitative estimate of drug-likeness (QED) is 0.727. The number of nitrogens with zero attached hydrogens (tertiary/aromatic N) is 2. The number of amides is 1. The van der Waals surface area contributed by atoms with E-state index in [1.165, 1.54) is 0 Å². The van der Waals surface area contributed by atoms with Crippen molar-refractivity contribution in [3.8, 4) is 0 Å². The molecule has 0 radical (unpaired) electrons. The lowest BCUT2D eigenvalue weighted by atomic mass is 10.2. The number of benzene rings is 1. The van der Waals surface area contributed by atoms with E-state index in [0.29, 0.717) is 6.42 Å². The van der Waals surface area contributed by atoms with Crippen LogP contribution in [0.2, 0.25) is 0 Å². The molecule has 1 aromatic carbocycles. The fraction of sp³-hybridized carbons (Fsp3) is 0.353. The molecule has 1 atom stereocenters. The molecule has 0 fully saturated rings. The normalized spacial score (nSPS) is 12.4. The van der Waals surface area contributed by atoms with Gasteiger partial charge >= 0.3 is 0 Å². The summed E-state index contributed by atoms with van der Waals surface area (Å²) in [4.78, 5) is 24.2. The first-order valence-electron chi connectivity index (χ1n) is 7.77. The zero-order valence-corrected chi connectivity index (χ0v) is 14.1. The molecule has 5 nitrogen and oxygen atoms in total. The Hall–Kier alpha value is -2.21. The number of carbonyl (C=O) groups is 1. The summed E-state index contributed by atoms with van der Waals surface area (Å²) in [5, 5.41) is 6.14. The van der Waals surface area contributed by atoms with Gasteiger partial charge < -0.3 is 10.3 Å². The van der Waals surface area contributed by atoms with E-state index in [9.17, 15) is 4.79 Å². The van der Waals surface area contributed by atoms with Crippen LogP contribution in [0.3, 0.4) is 0 Å². The number of fused-ring (bicyclic) bond motifs is 1. The molecule has 0 saturated carbocycles. The van der Waals surface area contributed by atoms with Crippen molar-refractivity contribution in [2.45, 2.75) is 39.2 Å². The number of thiazole rings is 1. The van der Waals surface area contributed by atoms with Crippen LogP contribution in [-0.2, 0) is 11.2 Å². The molecule has 3 aromatic rings. The van der Waals surface area contributed by atoms with Crippen LogP contribution in [0.4, 0.5) is 0 Å². The Morgan fingerprint density at radius 3 is 2.91 bits per heavy atom. The van der Waals surface area contributed by atoms with Crippen molar-refractivity contribution >= 4 is 28.3 Å². The summed E-state index contributed by atoms with van der Waals surface area (Å²) in [6.45, 7) is 3.93. The summed E-state index contributed by atoms with van der Waals surface area (Å²) in [5.74, 6) is 0.835. The van der Waals surface area contributed by atoms with Gasteiger partial charge in [-0.2, -0.15) is 0 Å². The number of imidazole rings is 1. The molecule has 0 aliphatic carbocycles. The van der Waals surface area contributed by atoms with Gasteiger partial charge in [-0.05, 0) is 38.8 Å². The first kappa shape index (κ1) is 15.7. The average Bonchev–Trinajstić information content (AvgIpc) is 3.13. The zero-order valence-electron chi connectivity index (χ0n) is 13.3. The van der Waals surface area contributed by atoms with Gasteiger partial charge in [-0.1, -0.05) is 12.1 Å². The molecule has 0 unspecified atom stereocenters. The number of hydrogen-bond donors (Lipinski definition) is 2. The van der Waals surface area contributed by atoms with Crippen LogP contribution in [0.15, 0.2) is 29.6 Å². The first-order chi connectivity index (χ1) is 11.1. The monoisotopic (exact) mass is 328 g/mol. The Morgan fingerprint density at radius 2 is 2.17 bits per heavy atom. The molecule has 1 amide bonds. The van der Waals surface area contributed by atoms with E-state index in [1.54, 1.807) is 11.3 Å². The number of aryl methyl sites for hydroxylation is 2. The van der Waals surface area contributed by atoms with E-state index in [2.05, 4.69) is 20.3 Å². The van der Waals surface area contributed by atoms with E-state index >= 15 is 0 Å². The van der Waals surface area contributed by atoms with Crippen molar-refractivity contribution in [3.63, 3.8) is 0 Å². The minimum absolute atomic E-state index is 0.0474. The highest BCUT2D eigenvalue weighted by Gasteiger charge is 2.13. The minimum Gasteiger partial charge on any atom is -0.346 e. The minimum atomic E-state index is -0.128. The number of hydrogen-bond acceptors (Lipinski definition) is 4. The number of rotatable bonds is 6. The third-order valence-corrected chi connectivity index (χ3v) is 4.68. The van der Waals surface area contributed by atoms with Crippen molar-refractivity contribution in [2.24, 2.45) is 0 Å². The van der Waals surface area contributed by atoms with Crippen LogP contribution in [0.1, 0.15) is 42.3 Å². The lowest BCUT2D eigenvalue weighted by Gasteiger charge is -2.11. The van der Waals surface area contributed by atoms with Crippen molar-refractivity contribution in [1.29, 1.82) is 0 Å². The van der Waals surface area contributed by atoms with Crippen molar-refractivity contribution in [1.82, 2.24) is 20.3 Å². The molecule has 2 heterocycles. The third-order valence-electron chi connectivity index (χ3n) is 3.66. The van der Waals surface area contributed by atoms with Gasteiger partial charge in [-0.25, -0.2) is 9.97 Å². The molecule has 0 bridgehead atoms. The number of nitrogens with one attached hydrogen (secondary N) is 2. The van der Waals surface area contributed by atoms with Gasteiger partial charge in [-0.15, -0.1) is 11.3 Å². The molecular formula is C17H20N4OS. The van der Waals surface area contributed by atoms with Crippen LogP contribution < -0.4 is 5.32 Å². The van der Waals surface area contributed by atoms with Crippen molar-refractivity contribution < 1.29 is 4.79 Å². The Labute approximate surface area is 139 Å². The summed E-state index contributed by atoms with van der Waals surface area (Å²) in [7, 11) is 0. The van der Waals surface area contributed by atoms with E-state index in [0.717, 1.165) is 40.4 Å². The van der Waals surface area contributed by atoms with E-state index in [-0.39, 0.29) is 11.9 Å². The second-order valence-electron chi connectivity index (χ2n) is 5.66. The first-order valence-corrected chi connectivity index (χ1v) is 8.65. The van der Waals surface area contributed by atoms with Gasteiger partial charge in [0, 0.05) is 17.5 Å². The second-order valence-corrected chi connectivity index (χ2v) is 6.61. The molecule has 0 aliphatic rings. The predicted octanol–water partition coefficient (Wildman–Crippen LogP) is 3.53. The van der Waals surface area contributed by atoms with Crippen LogP contribution in [0.25, 0.3) is 11.0 Å². The third kappa shape index (κ3) is 3.96. The number of H-pyrrole nitrogens is 1. The van der Waals surface area contributed by atoms with E-state index in [1.807, 2.05) is 43.5 Å². The predicted molar refractivity (Wildman–Crippen MR) is 92.4 cm³/mol. The lowest BCUT2D eigenvalue weighted by Crippen LogP contribution is -2.27. The fourth-order valence-corrected chi connectivity index (χ4v) is 3.30. The largest absolute Gasteiger partial charge is 0.346 e. The SMILES string of the molecule is Cc1csc(CCCC(=O)N[C@@H](C)c2nc3ccccc3[nH]2)n1. The molecule has 2 aromatic heterocycles. The molecule has 3 rings (SSSR count). The summed E-state index contributed by atoms with van der Waals surface area (Å²) < 4.78 is 0. The van der Waals surface area contributed by atoms with Crippen LogP contribution >= 0.6 is 11.3 Å². The highest BCUT2D eigenvalue weighted by molar-refractivity contribution is 7.09. The van der Waals surface area contributed by atoms with Gasteiger partial charge in [0.1, 0.15) is 5.82 Å².